The molecule has 0 aromatic carbocycles. The van der Waals surface area contributed by atoms with E-state index in [1.165, 1.54) is 18.2 Å². The molecule has 0 aromatic heterocycles. The zero-order chi connectivity index (χ0) is 7.98. The summed E-state index contributed by atoms with van der Waals surface area (Å²) in [7, 11) is 0. The van der Waals surface area contributed by atoms with Crippen molar-refractivity contribution in [1.29, 1.82) is 0 Å². The Morgan fingerprint density at radius 3 is 2.40 bits per heavy atom. The van der Waals surface area contributed by atoms with Crippen LogP contribution in [0.3, 0.4) is 0 Å². The molecule has 0 saturated heterocycles. The molecule has 0 saturated carbocycles. The molecule has 0 rings (SSSR count). The van der Waals surface area contributed by atoms with Crippen LogP contribution in [0.2, 0.25) is 0 Å². The normalized spacial score (nSPS) is 13.0. The van der Waals surface area contributed by atoms with Gasteiger partial charge in [-0.2, -0.15) is 0 Å². The van der Waals surface area contributed by atoms with Crippen molar-refractivity contribution >= 4 is 0 Å². The number of hydrogen-bond donors (Lipinski definition) is 0. The molecule has 0 aromatic rings. The van der Waals surface area contributed by atoms with Crippen LogP contribution in [0.5, 0.6) is 0 Å². The van der Waals surface area contributed by atoms with Crippen LogP contribution >= 0.6 is 0 Å². The van der Waals surface area contributed by atoms with E-state index in [4.69, 9.17) is 0 Å². The fourth-order valence-corrected chi connectivity index (χ4v) is 0.381. The first-order chi connectivity index (χ1) is 4.72. The smallest absolute Gasteiger partial charge is 0.126 e. The van der Waals surface area contributed by atoms with Gasteiger partial charge in [0.15, 0.2) is 0 Å². The molecule has 0 aliphatic carbocycles. The van der Waals surface area contributed by atoms with Gasteiger partial charge in [0.05, 0.1) is 0 Å². The fraction of sp³-hybridized carbons (Fsp3) is 0.111. The lowest BCUT2D eigenvalue weighted by Gasteiger charge is -1.89. The van der Waals surface area contributed by atoms with Gasteiger partial charge in [-0.1, -0.05) is 31.4 Å². The molecule has 10 heavy (non-hydrogen) atoms. The summed E-state index contributed by atoms with van der Waals surface area (Å²) < 4.78 is 12.7. The molecular weight excluding hydrogens is 127 g/mol. The van der Waals surface area contributed by atoms with Crippen molar-refractivity contribution < 1.29 is 4.39 Å². The molecule has 54 valence electrons. The van der Waals surface area contributed by atoms with Gasteiger partial charge in [-0.3, -0.25) is 0 Å². The summed E-state index contributed by atoms with van der Waals surface area (Å²) in [4.78, 5) is 0. The van der Waals surface area contributed by atoms with Crippen LogP contribution in [0.1, 0.15) is 6.92 Å². The molecule has 0 nitrogen and oxygen atoms in total. The predicted octanol–water partition coefficient (Wildman–Crippen LogP) is 3.16. The van der Waals surface area contributed by atoms with E-state index in [1.807, 2.05) is 0 Å². The summed E-state index contributed by atoms with van der Waals surface area (Å²) in [5, 5.41) is 0. The van der Waals surface area contributed by atoms with E-state index in [9.17, 15) is 4.39 Å². The maximum Gasteiger partial charge on any atom is 0.126 e. The number of halogens is 1. The van der Waals surface area contributed by atoms with Crippen molar-refractivity contribution in [3.63, 3.8) is 0 Å². The van der Waals surface area contributed by atoms with Gasteiger partial charge in [0, 0.05) is 0 Å². The Kier molecular flexibility index (Phi) is 4.21. The molecule has 0 heterocycles. The lowest BCUT2D eigenvalue weighted by atomic mass is 10.2. The highest BCUT2D eigenvalue weighted by Gasteiger charge is 1.89. The second-order valence-corrected chi connectivity index (χ2v) is 1.83. The van der Waals surface area contributed by atoms with Crippen molar-refractivity contribution in [3.05, 3.63) is 48.9 Å². The summed E-state index contributed by atoms with van der Waals surface area (Å²) in [6.45, 7) is 8.51. The molecule has 0 aliphatic heterocycles. The van der Waals surface area contributed by atoms with Crippen molar-refractivity contribution in [2.75, 3.05) is 0 Å². The molecule has 0 unspecified atom stereocenters. The first-order valence-corrected chi connectivity index (χ1v) is 3.00. The van der Waals surface area contributed by atoms with E-state index in [2.05, 4.69) is 13.2 Å². The minimum absolute atomic E-state index is 0.269. The van der Waals surface area contributed by atoms with Gasteiger partial charge in [0.1, 0.15) is 5.83 Å². The van der Waals surface area contributed by atoms with Crippen molar-refractivity contribution in [2.24, 2.45) is 0 Å². The Morgan fingerprint density at radius 1 is 1.40 bits per heavy atom. The summed E-state index contributed by atoms with van der Waals surface area (Å²) in [5.41, 5.74) is 0.540. The van der Waals surface area contributed by atoms with Crippen molar-refractivity contribution in [3.8, 4) is 0 Å². The van der Waals surface area contributed by atoms with Gasteiger partial charge in [-0.25, -0.2) is 4.39 Å². The first kappa shape index (κ1) is 8.89. The van der Waals surface area contributed by atoms with E-state index in [1.54, 1.807) is 13.0 Å². The van der Waals surface area contributed by atoms with Crippen LogP contribution in [-0.4, -0.2) is 0 Å². The molecule has 0 N–H and O–H groups in total. The molecule has 0 fully saturated rings. The van der Waals surface area contributed by atoms with E-state index in [0.717, 1.165) is 0 Å². The van der Waals surface area contributed by atoms with Gasteiger partial charge in [0.25, 0.3) is 0 Å². The van der Waals surface area contributed by atoms with Crippen LogP contribution in [0.4, 0.5) is 4.39 Å². The highest BCUT2D eigenvalue weighted by molar-refractivity contribution is 5.26. The quantitative estimate of drug-likeness (QED) is 0.525. The first-order valence-electron chi connectivity index (χ1n) is 3.00. The van der Waals surface area contributed by atoms with E-state index >= 15 is 0 Å². The van der Waals surface area contributed by atoms with E-state index in [0.29, 0.717) is 5.57 Å². The summed E-state index contributed by atoms with van der Waals surface area (Å²) >= 11 is 0. The van der Waals surface area contributed by atoms with Gasteiger partial charge in [-0.15, -0.1) is 0 Å². The van der Waals surface area contributed by atoms with Crippen LogP contribution in [-0.2, 0) is 0 Å². The van der Waals surface area contributed by atoms with E-state index < -0.39 is 0 Å². The Morgan fingerprint density at radius 2 is 2.00 bits per heavy atom. The SMILES string of the molecule is C=C/C=C\C(F)=C(/C)C=C. The van der Waals surface area contributed by atoms with Crippen LogP contribution < -0.4 is 0 Å². The predicted molar refractivity (Wildman–Crippen MR) is 43.3 cm³/mol. The highest BCUT2D eigenvalue weighted by Crippen LogP contribution is 2.07. The average molecular weight is 138 g/mol. The second-order valence-electron chi connectivity index (χ2n) is 1.83. The maximum atomic E-state index is 12.7. The lowest BCUT2D eigenvalue weighted by molar-refractivity contribution is 0.658. The molecule has 0 aliphatic rings. The summed E-state index contributed by atoms with van der Waals surface area (Å²) in [6.07, 6.45) is 5.89. The standard InChI is InChI=1S/C9H11F/c1-4-6-7-9(10)8(3)5-2/h4-7H,1-2H2,3H3/b7-6-,9-8-. The molecule has 0 radical (unpaired) electrons. The molecule has 0 spiro atoms. The minimum Gasteiger partial charge on any atom is -0.207 e. The Balaban J connectivity index is 4.31. The average Bonchev–Trinajstić information content (AvgIpc) is 1.98. The fourth-order valence-electron chi connectivity index (χ4n) is 0.381. The zero-order valence-corrected chi connectivity index (χ0v) is 6.10. The summed E-state index contributed by atoms with van der Waals surface area (Å²) in [6, 6.07) is 0. The van der Waals surface area contributed by atoms with Crippen LogP contribution in [0.25, 0.3) is 0 Å². The van der Waals surface area contributed by atoms with Gasteiger partial charge >= 0.3 is 0 Å². The number of hydrogen-bond acceptors (Lipinski definition) is 0. The molecular formula is C9H11F. The third kappa shape index (κ3) is 3.02. The molecule has 0 atom stereocenters. The van der Waals surface area contributed by atoms with Gasteiger partial charge in [-0.05, 0) is 18.6 Å². The van der Waals surface area contributed by atoms with Gasteiger partial charge in [0.2, 0.25) is 0 Å². The second kappa shape index (κ2) is 4.74. The Labute approximate surface area is 61.1 Å². The lowest BCUT2D eigenvalue weighted by Crippen LogP contribution is -1.71. The molecule has 1 heteroatoms. The Bertz CT molecular complexity index is 185. The minimum atomic E-state index is -0.269. The zero-order valence-electron chi connectivity index (χ0n) is 6.10. The monoisotopic (exact) mass is 138 g/mol. The third-order valence-corrected chi connectivity index (χ3v) is 1.06. The van der Waals surface area contributed by atoms with Gasteiger partial charge < -0.3 is 0 Å². The Hall–Kier alpha value is -1.11. The van der Waals surface area contributed by atoms with Crippen LogP contribution in [0.15, 0.2) is 48.9 Å². The summed E-state index contributed by atoms with van der Waals surface area (Å²) in [5.74, 6) is -0.269. The number of rotatable bonds is 3. The third-order valence-electron chi connectivity index (χ3n) is 1.06. The number of allylic oxidation sites excluding steroid dienone is 6. The largest absolute Gasteiger partial charge is 0.207 e. The maximum absolute atomic E-state index is 12.7. The van der Waals surface area contributed by atoms with Crippen molar-refractivity contribution in [2.45, 2.75) is 6.92 Å². The molecule has 0 amide bonds. The van der Waals surface area contributed by atoms with Crippen molar-refractivity contribution in [1.82, 2.24) is 0 Å². The topological polar surface area (TPSA) is 0 Å². The van der Waals surface area contributed by atoms with Crippen LogP contribution in [0, 0.1) is 0 Å². The molecule has 0 bridgehead atoms. The highest BCUT2D eigenvalue weighted by atomic mass is 19.1. The van der Waals surface area contributed by atoms with E-state index in [-0.39, 0.29) is 5.83 Å².